The lowest BCUT2D eigenvalue weighted by Crippen LogP contribution is -2.18. The van der Waals surface area contributed by atoms with E-state index in [-0.39, 0.29) is 5.41 Å². The van der Waals surface area contributed by atoms with Gasteiger partial charge in [-0.1, -0.05) is 53.3 Å². The van der Waals surface area contributed by atoms with Crippen LogP contribution in [0.4, 0.5) is 0 Å². The van der Waals surface area contributed by atoms with Crippen LogP contribution in [0.3, 0.4) is 0 Å². The molecule has 106 valence electrons. The molecule has 0 saturated carbocycles. The molecule has 0 spiro atoms. The Hall–Kier alpha value is -1.31. The summed E-state index contributed by atoms with van der Waals surface area (Å²) >= 11 is 0. The molecule has 2 nitrogen and oxygen atoms in total. The standard InChI is InChI=1S/C17H28N2/c1-12(2)13(3)16(18)14-9-7-8-10-15(14)19-11-17(4,5)6/h7,9,12H,3,8,10-11,18H2,1-2,4-6H3. The minimum Gasteiger partial charge on any atom is -0.398 e. The fraction of sp³-hybridized carbons (Fsp3) is 0.588. The van der Waals surface area contributed by atoms with Gasteiger partial charge in [0.2, 0.25) is 0 Å². The van der Waals surface area contributed by atoms with Crippen molar-refractivity contribution in [3.8, 4) is 0 Å². The predicted molar refractivity (Wildman–Crippen MR) is 85.3 cm³/mol. The van der Waals surface area contributed by atoms with Crippen LogP contribution in [0.2, 0.25) is 0 Å². The van der Waals surface area contributed by atoms with E-state index < -0.39 is 0 Å². The zero-order valence-electron chi connectivity index (χ0n) is 13.1. The van der Waals surface area contributed by atoms with Gasteiger partial charge in [-0.2, -0.15) is 0 Å². The summed E-state index contributed by atoms with van der Waals surface area (Å²) in [5.74, 6) is 0.367. The van der Waals surface area contributed by atoms with Crippen LogP contribution in [0.15, 0.2) is 40.6 Å². The first-order chi connectivity index (χ1) is 8.72. The summed E-state index contributed by atoms with van der Waals surface area (Å²) < 4.78 is 0. The summed E-state index contributed by atoms with van der Waals surface area (Å²) in [6, 6.07) is 0. The number of rotatable bonds is 3. The van der Waals surface area contributed by atoms with Gasteiger partial charge in [0.15, 0.2) is 0 Å². The number of nitrogens with two attached hydrogens (primary N) is 1. The maximum Gasteiger partial charge on any atom is 0.0444 e. The Balaban J connectivity index is 3.08. The van der Waals surface area contributed by atoms with Gasteiger partial charge in [-0.05, 0) is 29.7 Å². The van der Waals surface area contributed by atoms with Gasteiger partial charge in [-0.25, -0.2) is 0 Å². The minimum atomic E-state index is 0.211. The van der Waals surface area contributed by atoms with Gasteiger partial charge in [-0.15, -0.1) is 0 Å². The van der Waals surface area contributed by atoms with Crippen molar-refractivity contribution in [1.82, 2.24) is 0 Å². The van der Waals surface area contributed by atoms with Crippen LogP contribution in [-0.4, -0.2) is 12.3 Å². The molecule has 0 aliphatic heterocycles. The van der Waals surface area contributed by atoms with E-state index in [0.717, 1.165) is 41.9 Å². The Bertz CT molecular complexity index is 429. The fourth-order valence-electron chi connectivity index (χ4n) is 1.88. The minimum absolute atomic E-state index is 0.211. The third-order valence-corrected chi connectivity index (χ3v) is 3.22. The average Bonchev–Trinajstić information content (AvgIpc) is 2.34. The van der Waals surface area contributed by atoms with Crippen LogP contribution in [0, 0.1) is 11.3 Å². The van der Waals surface area contributed by atoms with E-state index in [0.29, 0.717) is 5.92 Å². The van der Waals surface area contributed by atoms with Crippen molar-refractivity contribution in [3.63, 3.8) is 0 Å². The second kappa shape index (κ2) is 6.23. The van der Waals surface area contributed by atoms with Crippen molar-refractivity contribution in [2.75, 3.05) is 6.54 Å². The second-order valence-electron chi connectivity index (χ2n) is 6.77. The van der Waals surface area contributed by atoms with Crippen molar-refractivity contribution in [3.05, 3.63) is 35.6 Å². The highest BCUT2D eigenvalue weighted by Gasteiger charge is 2.17. The zero-order valence-corrected chi connectivity index (χ0v) is 13.1. The van der Waals surface area contributed by atoms with Crippen LogP contribution in [0.1, 0.15) is 47.5 Å². The maximum absolute atomic E-state index is 6.27. The molecule has 0 aromatic heterocycles. The van der Waals surface area contributed by atoms with Crippen LogP contribution in [0.5, 0.6) is 0 Å². The number of allylic oxidation sites excluding steroid dienone is 4. The molecule has 0 radical (unpaired) electrons. The molecule has 0 aromatic carbocycles. The second-order valence-corrected chi connectivity index (χ2v) is 6.77. The summed E-state index contributed by atoms with van der Waals surface area (Å²) in [4.78, 5) is 4.79. The molecule has 1 aliphatic rings. The monoisotopic (exact) mass is 260 g/mol. The third-order valence-electron chi connectivity index (χ3n) is 3.22. The summed E-state index contributed by atoms with van der Waals surface area (Å²) in [6.07, 6.45) is 6.31. The average molecular weight is 260 g/mol. The molecule has 2 heteroatoms. The van der Waals surface area contributed by atoms with E-state index in [1.54, 1.807) is 0 Å². The Morgan fingerprint density at radius 3 is 2.58 bits per heavy atom. The molecule has 0 unspecified atom stereocenters. The molecule has 2 N–H and O–H groups in total. The molecule has 19 heavy (non-hydrogen) atoms. The molecule has 0 atom stereocenters. The Morgan fingerprint density at radius 2 is 2.05 bits per heavy atom. The first-order valence-electron chi connectivity index (χ1n) is 7.11. The lowest BCUT2D eigenvalue weighted by atomic mass is 9.91. The SMILES string of the molecule is C=C(C(N)=C1C=CCCC1=NCC(C)(C)C)C(C)C. The molecular weight excluding hydrogens is 232 g/mol. The number of aliphatic imine (C=N–C) groups is 1. The first kappa shape index (κ1) is 15.7. The molecular formula is C17H28N2. The van der Waals surface area contributed by atoms with E-state index in [1.807, 2.05) is 0 Å². The van der Waals surface area contributed by atoms with E-state index in [1.165, 1.54) is 0 Å². The molecule has 0 aromatic rings. The Labute approximate surface area is 118 Å². The third kappa shape index (κ3) is 4.70. The highest BCUT2D eigenvalue weighted by Crippen LogP contribution is 2.24. The van der Waals surface area contributed by atoms with Gasteiger partial charge < -0.3 is 5.73 Å². The van der Waals surface area contributed by atoms with E-state index in [9.17, 15) is 0 Å². The smallest absolute Gasteiger partial charge is 0.0444 e. The number of hydrogen-bond acceptors (Lipinski definition) is 2. The van der Waals surface area contributed by atoms with Gasteiger partial charge in [0.1, 0.15) is 0 Å². The number of hydrogen-bond donors (Lipinski definition) is 1. The fourth-order valence-corrected chi connectivity index (χ4v) is 1.88. The van der Waals surface area contributed by atoms with Gasteiger partial charge >= 0.3 is 0 Å². The maximum atomic E-state index is 6.27. The lowest BCUT2D eigenvalue weighted by Gasteiger charge is -2.20. The molecule has 1 aliphatic carbocycles. The van der Waals surface area contributed by atoms with Crippen molar-refractivity contribution in [2.24, 2.45) is 22.1 Å². The summed E-state index contributed by atoms with van der Waals surface area (Å²) in [5.41, 5.74) is 10.5. The zero-order chi connectivity index (χ0) is 14.6. The molecule has 0 amide bonds. The van der Waals surface area contributed by atoms with Crippen LogP contribution >= 0.6 is 0 Å². The van der Waals surface area contributed by atoms with E-state index in [2.05, 4.69) is 53.3 Å². The van der Waals surface area contributed by atoms with Crippen molar-refractivity contribution in [2.45, 2.75) is 47.5 Å². The first-order valence-corrected chi connectivity index (χ1v) is 7.11. The largest absolute Gasteiger partial charge is 0.398 e. The Morgan fingerprint density at radius 1 is 1.42 bits per heavy atom. The quantitative estimate of drug-likeness (QED) is 0.809. The molecule has 0 bridgehead atoms. The molecule has 0 saturated heterocycles. The van der Waals surface area contributed by atoms with Gasteiger partial charge in [-0.3, -0.25) is 4.99 Å². The molecule has 0 fully saturated rings. The molecule has 0 heterocycles. The lowest BCUT2D eigenvalue weighted by molar-refractivity contribution is 0.429. The topological polar surface area (TPSA) is 38.4 Å². The summed E-state index contributed by atoms with van der Waals surface area (Å²) in [5, 5.41) is 0. The van der Waals surface area contributed by atoms with Crippen LogP contribution in [-0.2, 0) is 0 Å². The van der Waals surface area contributed by atoms with Crippen molar-refractivity contribution in [1.29, 1.82) is 0 Å². The molecule has 1 rings (SSSR count). The van der Waals surface area contributed by atoms with Gasteiger partial charge in [0, 0.05) is 23.5 Å². The Kier molecular flexibility index (Phi) is 5.16. The number of nitrogens with zero attached hydrogens (tertiary/aromatic N) is 1. The van der Waals surface area contributed by atoms with Crippen LogP contribution < -0.4 is 5.73 Å². The highest BCUT2D eigenvalue weighted by atomic mass is 14.8. The van der Waals surface area contributed by atoms with Gasteiger partial charge in [0.25, 0.3) is 0 Å². The summed E-state index contributed by atoms with van der Waals surface area (Å²) in [6.45, 7) is 15.8. The van der Waals surface area contributed by atoms with Gasteiger partial charge in [0.05, 0.1) is 0 Å². The van der Waals surface area contributed by atoms with E-state index in [4.69, 9.17) is 10.7 Å². The summed E-state index contributed by atoms with van der Waals surface area (Å²) in [7, 11) is 0. The predicted octanol–water partition coefficient (Wildman–Crippen LogP) is 4.25. The van der Waals surface area contributed by atoms with Crippen LogP contribution in [0.25, 0.3) is 0 Å². The van der Waals surface area contributed by atoms with Crippen molar-refractivity contribution >= 4 is 5.71 Å². The highest BCUT2D eigenvalue weighted by molar-refractivity contribution is 6.04. The van der Waals surface area contributed by atoms with E-state index >= 15 is 0 Å². The van der Waals surface area contributed by atoms with Crippen molar-refractivity contribution < 1.29 is 0 Å². The normalized spacial score (nSPS) is 21.1.